The average molecular weight is 299 g/mol. The van der Waals surface area contributed by atoms with Gasteiger partial charge in [-0.25, -0.2) is 0 Å². The van der Waals surface area contributed by atoms with E-state index in [0.717, 1.165) is 21.5 Å². The maximum absolute atomic E-state index is 10.6. The normalized spacial score (nSPS) is 12.2. The van der Waals surface area contributed by atoms with E-state index in [1.165, 1.54) is 12.1 Å². The van der Waals surface area contributed by atoms with E-state index in [4.69, 9.17) is 0 Å². The van der Waals surface area contributed by atoms with E-state index in [1.54, 1.807) is 23.5 Å². The molecule has 21 heavy (non-hydrogen) atoms. The third-order valence-electron chi connectivity index (χ3n) is 3.29. The fourth-order valence-electron chi connectivity index (χ4n) is 2.11. The van der Waals surface area contributed by atoms with Crippen molar-refractivity contribution in [2.75, 3.05) is 5.32 Å². The number of nitrogens with one attached hydrogen (secondary N) is 1. The summed E-state index contributed by atoms with van der Waals surface area (Å²) in [5.41, 5.74) is 3.03. The molecule has 0 spiro atoms. The van der Waals surface area contributed by atoms with Gasteiger partial charge in [-0.1, -0.05) is 0 Å². The standard InChI is InChI=1S/C15H13N3O2S/c1-10(11-8-15-14(16-9-11)6-7-21-15)17-12-2-4-13(5-3-12)18(19)20/h2-10,17H,1H3. The van der Waals surface area contributed by atoms with Gasteiger partial charge in [-0.3, -0.25) is 15.1 Å². The Hall–Kier alpha value is -2.47. The summed E-state index contributed by atoms with van der Waals surface area (Å²) in [6.07, 6.45) is 1.86. The van der Waals surface area contributed by atoms with Crippen molar-refractivity contribution < 1.29 is 4.92 Å². The van der Waals surface area contributed by atoms with Crippen molar-refractivity contribution in [1.82, 2.24) is 4.98 Å². The summed E-state index contributed by atoms with van der Waals surface area (Å²) in [6.45, 7) is 2.04. The number of thiophene rings is 1. The van der Waals surface area contributed by atoms with E-state index in [-0.39, 0.29) is 11.7 Å². The van der Waals surface area contributed by atoms with E-state index >= 15 is 0 Å². The highest BCUT2D eigenvalue weighted by atomic mass is 32.1. The number of aromatic nitrogens is 1. The first kappa shape index (κ1) is 13.5. The van der Waals surface area contributed by atoms with Gasteiger partial charge in [0.25, 0.3) is 5.69 Å². The summed E-state index contributed by atoms with van der Waals surface area (Å²) in [6, 6.07) is 10.6. The third kappa shape index (κ3) is 2.85. The highest BCUT2D eigenvalue weighted by molar-refractivity contribution is 7.17. The van der Waals surface area contributed by atoms with Gasteiger partial charge < -0.3 is 5.32 Å². The smallest absolute Gasteiger partial charge is 0.269 e. The number of hydrogen-bond acceptors (Lipinski definition) is 5. The first-order valence-electron chi connectivity index (χ1n) is 6.47. The highest BCUT2D eigenvalue weighted by Gasteiger charge is 2.09. The van der Waals surface area contributed by atoms with Crippen LogP contribution in [-0.2, 0) is 0 Å². The molecule has 0 radical (unpaired) electrons. The van der Waals surface area contributed by atoms with Crippen LogP contribution >= 0.6 is 11.3 Å². The van der Waals surface area contributed by atoms with E-state index in [0.29, 0.717) is 0 Å². The van der Waals surface area contributed by atoms with Crippen LogP contribution in [0.25, 0.3) is 10.2 Å². The molecule has 3 aromatic rings. The van der Waals surface area contributed by atoms with Gasteiger partial charge in [-0.2, -0.15) is 0 Å². The van der Waals surface area contributed by atoms with Crippen LogP contribution < -0.4 is 5.32 Å². The molecule has 0 aliphatic rings. The SMILES string of the molecule is CC(Nc1ccc([N+](=O)[O-])cc1)c1cnc2ccsc2c1. The number of hydrogen-bond donors (Lipinski definition) is 1. The lowest BCUT2D eigenvalue weighted by Gasteiger charge is -2.15. The number of non-ortho nitro benzene ring substituents is 1. The molecule has 0 aliphatic heterocycles. The largest absolute Gasteiger partial charge is 0.378 e. The number of nitrogens with zero attached hydrogens (tertiary/aromatic N) is 2. The number of benzene rings is 1. The van der Waals surface area contributed by atoms with Gasteiger partial charge in [0.2, 0.25) is 0 Å². The lowest BCUT2D eigenvalue weighted by molar-refractivity contribution is -0.384. The van der Waals surface area contributed by atoms with Crippen LogP contribution in [0.15, 0.2) is 48.0 Å². The zero-order chi connectivity index (χ0) is 14.8. The predicted molar refractivity (Wildman–Crippen MR) is 84.8 cm³/mol. The quantitative estimate of drug-likeness (QED) is 0.573. The van der Waals surface area contributed by atoms with Gasteiger partial charge in [-0.05, 0) is 42.1 Å². The summed E-state index contributed by atoms with van der Waals surface area (Å²) >= 11 is 1.67. The molecule has 0 aliphatic carbocycles. The van der Waals surface area contributed by atoms with Gasteiger partial charge >= 0.3 is 0 Å². The van der Waals surface area contributed by atoms with E-state index in [1.807, 2.05) is 24.6 Å². The first-order chi connectivity index (χ1) is 10.1. The van der Waals surface area contributed by atoms with Crippen LogP contribution in [0.1, 0.15) is 18.5 Å². The third-order valence-corrected chi connectivity index (χ3v) is 4.14. The Kier molecular flexibility index (Phi) is 3.53. The lowest BCUT2D eigenvalue weighted by Crippen LogP contribution is -2.06. The van der Waals surface area contributed by atoms with Crippen LogP contribution in [0.4, 0.5) is 11.4 Å². The molecule has 1 atom stereocenters. The molecule has 2 aromatic heterocycles. The Morgan fingerprint density at radius 3 is 2.76 bits per heavy atom. The fourth-order valence-corrected chi connectivity index (χ4v) is 2.90. The van der Waals surface area contributed by atoms with Crippen molar-refractivity contribution in [3.8, 4) is 0 Å². The van der Waals surface area contributed by atoms with E-state index in [9.17, 15) is 10.1 Å². The van der Waals surface area contributed by atoms with Crippen LogP contribution in [0.3, 0.4) is 0 Å². The molecule has 2 heterocycles. The van der Waals surface area contributed by atoms with Crippen LogP contribution in [0.5, 0.6) is 0 Å². The van der Waals surface area contributed by atoms with Crippen molar-refractivity contribution in [2.45, 2.75) is 13.0 Å². The van der Waals surface area contributed by atoms with Crippen molar-refractivity contribution in [1.29, 1.82) is 0 Å². The summed E-state index contributed by atoms with van der Waals surface area (Å²) in [5, 5.41) is 16.0. The number of nitro groups is 1. The lowest BCUT2D eigenvalue weighted by atomic mass is 10.1. The molecule has 6 heteroatoms. The maximum Gasteiger partial charge on any atom is 0.269 e. The molecule has 1 unspecified atom stereocenters. The van der Waals surface area contributed by atoms with E-state index < -0.39 is 4.92 Å². The Morgan fingerprint density at radius 2 is 2.05 bits per heavy atom. The minimum Gasteiger partial charge on any atom is -0.378 e. The number of fused-ring (bicyclic) bond motifs is 1. The summed E-state index contributed by atoms with van der Waals surface area (Å²) in [5.74, 6) is 0. The van der Waals surface area contributed by atoms with Gasteiger partial charge in [0.1, 0.15) is 0 Å². The maximum atomic E-state index is 10.6. The molecule has 3 rings (SSSR count). The number of rotatable bonds is 4. The molecule has 0 saturated heterocycles. The number of nitro benzene ring substituents is 1. The van der Waals surface area contributed by atoms with Gasteiger partial charge in [0, 0.05) is 24.0 Å². The van der Waals surface area contributed by atoms with Crippen molar-refractivity contribution >= 4 is 32.9 Å². The topological polar surface area (TPSA) is 68.1 Å². The summed E-state index contributed by atoms with van der Waals surface area (Å²) in [7, 11) is 0. The molecule has 0 fully saturated rings. The molecule has 0 saturated carbocycles. The zero-order valence-electron chi connectivity index (χ0n) is 11.3. The van der Waals surface area contributed by atoms with Crippen molar-refractivity contribution in [3.63, 3.8) is 0 Å². The fraction of sp³-hybridized carbons (Fsp3) is 0.133. The predicted octanol–water partition coefficient (Wildman–Crippen LogP) is 4.38. The Balaban J connectivity index is 1.78. The first-order valence-corrected chi connectivity index (χ1v) is 7.35. The molecular weight excluding hydrogens is 286 g/mol. The molecule has 1 N–H and O–H groups in total. The van der Waals surface area contributed by atoms with Crippen LogP contribution in [0, 0.1) is 10.1 Å². The van der Waals surface area contributed by atoms with Gasteiger partial charge in [0.15, 0.2) is 0 Å². The Bertz CT molecular complexity index is 783. The number of anilines is 1. The molecule has 1 aromatic carbocycles. The minimum atomic E-state index is -0.401. The molecule has 5 nitrogen and oxygen atoms in total. The Morgan fingerprint density at radius 1 is 1.29 bits per heavy atom. The summed E-state index contributed by atoms with van der Waals surface area (Å²) < 4.78 is 1.16. The van der Waals surface area contributed by atoms with Crippen LogP contribution in [-0.4, -0.2) is 9.91 Å². The molecule has 106 valence electrons. The highest BCUT2D eigenvalue weighted by Crippen LogP contribution is 2.25. The Labute approximate surface area is 125 Å². The van der Waals surface area contributed by atoms with Gasteiger partial charge in [-0.15, -0.1) is 11.3 Å². The van der Waals surface area contributed by atoms with Gasteiger partial charge in [0.05, 0.1) is 21.2 Å². The average Bonchev–Trinajstić information content (AvgIpc) is 2.95. The molecular formula is C15H13N3O2S. The second-order valence-corrected chi connectivity index (χ2v) is 5.69. The second-order valence-electron chi connectivity index (χ2n) is 4.74. The molecule has 0 amide bonds. The summed E-state index contributed by atoms with van der Waals surface area (Å²) in [4.78, 5) is 14.7. The van der Waals surface area contributed by atoms with E-state index in [2.05, 4.69) is 16.4 Å². The van der Waals surface area contributed by atoms with Crippen molar-refractivity contribution in [3.05, 3.63) is 63.7 Å². The zero-order valence-corrected chi connectivity index (χ0v) is 12.1. The minimum absolute atomic E-state index is 0.0745. The van der Waals surface area contributed by atoms with Crippen molar-refractivity contribution in [2.24, 2.45) is 0 Å². The van der Waals surface area contributed by atoms with Crippen LogP contribution in [0.2, 0.25) is 0 Å². The monoisotopic (exact) mass is 299 g/mol. The number of pyridine rings is 1. The molecule has 0 bridgehead atoms. The second kappa shape index (κ2) is 5.49.